The van der Waals surface area contributed by atoms with Crippen molar-refractivity contribution in [2.45, 2.75) is 13.3 Å². The molecule has 2 rings (SSSR count). The number of methoxy groups -OCH3 is 1. The van der Waals surface area contributed by atoms with Gasteiger partial charge in [0.05, 0.1) is 24.1 Å². The van der Waals surface area contributed by atoms with Gasteiger partial charge in [-0.05, 0) is 24.1 Å². The van der Waals surface area contributed by atoms with E-state index < -0.39 is 5.97 Å². The quantitative estimate of drug-likeness (QED) is 0.821. The van der Waals surface area contributed by atoms with Crippen molar-refractivity contribution in [2.75, 3.05) is 7.11 Å². The number of carboxylic acids is 1. The van der Waals surface area contributed by atoms with Crippen molar-refractivity contribution < 1.29 is 19.4 Å². The number of carboxylic acid groups (broad SMARTS) is 1. The summed E-state index contributed by atoms with van der Waals surface area (Å²) in [6, 6.07) is 7.26. The number of hydrogen-bond donors (Lipinski definition) is 2. The molecule has 0 atom stereocenters. The Morgan fingerprint density at radius 1 is 1.45 bits per heavy atom. The van der Waals surface area contributed by atoms with Gasteiger partial charge in [0.25, 0.3) is 0 Å². The lowest BCUT2D eigenvalue weighted by Crippen LogP contribution is -2.02. The Hall–Kier alpha value is -2.56. The number of rotatable bonds is 5. The predicted octanol–water partition coefficient (Wildman–Crippen LogP) is 2.76. The molecule has 20 heavy (non-hydrogen) atoms. The van der Waals surface area contributed by atoms with Crippen LogP contribution in [-0.2, 0) is 6.42 Å². The number of H-pyrrole nitrogens is 1. The van der Waals surface area contributed by atoms with Crippen molar-refractivity contribution in [1.82, 2.24) is 4.98 Å². The number of aldehydes is 1. The van der Waals surface area contributed by atoms with E-state index in [2.05, 4.69) is 4.98 Å². The molecule has 0 spiro atoms. The fourth-order valence-electron chi connectivity index (χ4n) is 2.27. The largest absolute Gasteiger partial charge is 0.497 e. The molecule has 2 aromatic rings. The van der Waals surface area contributed by atoms with Crippen molar-refractivity contribution in [1.29, 1.82) is 0 Å². The second-order valence-corrected chi connectivity index (χ2v) is 4.28. The van der Waals surface area contributed by atoms with E-state index in [-0.39, 0.29) is 11.3 Å². The van der Waals surface area contributed by atoms with Crippen LogP contribution in [0.3, 0.4) is 0 Å². The number of carbonyl (C=O) groups is 2. The van der Waals surface area contributed by atoms with Crippen LogP contribution in [-0.4, -0.2) is 29.5 Å². The molecule has 0 fully saturated rings. The Kier molecular flexibility index (Phi) is 3.89. The summed E-state index contributed by atoms with van der Waals surface area (Å²) in [5.41, 5.74) is 2.18. The van der Waals surface area contributed by atoms with Crippen molar-refractivity contribution in [3.8, 4) is 17.0 Å². The summed E-state index contributed by atoms with van der Waals surface area (Å²) in [6.07, 6.45) is 1.05. The van der Waals surface area contributed by atoms with E-state index in [0.29, 0.717) is 29.7 Å². The van der Waals surface area contributed by atoms with E-state index in [1.54, 1.807) is 19.2 Å². The minimum Gasteiger partial charge on any atom is -0.497 e. The first kappa shape index (κ1) is 13.9. The molecule has 0 aliphatic heterocycles. The third-order valence-electron chi connectivity index (χ3n) is 3.18. The van der Waals surface area contributed by atoms with Crippen LogP contribution in [0.25, 0.3) is 11.3 Å². The van der Waals surface area contributed by atoms with Gasteiger partial charge in [-0.1, -0.05) is 19.1 Å². The lowest BCUT2D eigenvalue weighted by Gasteiger charge is -2.05. The molecule has 104 valence electrons. The van der Waals surface area contributed by atoms with Gasteiger partial charge in [-0.15, -0.1) is 0 Å². The molecule has 0 amide bonds. The number of aromatic nitrogens is 1. The van der Waals surface area contributed by atoms with Crippen molar-refractivity contribution in [3.05, 3.63) is 41.1 Å². The van der Waals surface area contributed by atoms with Gasteiger partial charge in [0.1, 0.15) is 5.75 Å². The van der Waals surface area contributed by atoms with Crippen LogP contribution in [0, 0.1) is 0 Å². The number of aromatic carboxylic acids is 1. The van der Waals surface area contributed by atoms with Crippen LogP contribution in [0.2, 0.25) is 0 Å². The Morgan fingerprint density at radius 2 is 2.20 bits per heavy atom. The molecule has 2 N–H and O–H groups in total. The van der Waals surface area contributed by atoms with Crippen molar-refractivity contribution in [3.63, 3.8) is 0 Å². The monoisotopic (exact) mass is 273 g/mol. The number of hydrogen-bond acceptors (Lipinski definition) is 3. The number of nitrogens with one attached hydrogen (secondary N) is 1. The van der Waals surface area contributed by atoms with Gasteiger partial charge in [0.15, 0.2) is 6.29 Å². The van der Waals surface area contributed by atoms with E-state index in [1.807, 2.05) is 19.1 Å². The summed E-state index contributed by atoms with van der Waals surface area (Å²) in [5.74, 6) is -0.432. The van der Waals surface area contributed by atoms with Crippen LogP contribution in [0.1, 0.15) is 33.3 Å². The van der Waals surface area contributed by atoms with Crippen molar-refractivity contribution >= 4 is 12.3 Å². The summed E-state index contributed by atoms with van der Waals surface area (Å²) >= 11 is 0. The maximum absolute atomic E-state index is 11.3. The van der Waals surface area contributed by atoms with Gasteiger partial charge in [0.2, 0.25) is 0 Å². The maximum atomic E-state index is 11.3. The first-order chi connectivity index (χ1) is 9.62. The zero-order valence-corrected chi connectivity index (χ0v) is 11.3. The van der Waals surface area contributed by atoms with E-state index in [1.165, 1.54) is 0 Å². The lowest BCUT2D eigenvalue weighted by atomic mass is 10.0. The topological polar surface area (TPSA) is 79.4 Å². The summed E-state index contributed by atoms with van der Waals surface area (Å²) in [6.45, 7) is 1.86. The predicted molar refractivity (Wildman–Crippen MR) is 74.5 cm³/mol. The van der Waals surface area contributed by atoms with Crippen LogP contribution in [0.4, 0.5) is 0 Å². The van der Waals surface area contributed by atoms with Gasteiger partial charge < -0.3 is 14.8 Å². The molecule has 0 aliphatic rings. The Labute approximate surface area is 116 Å². The third kappa shape index (κ3) is 2.30. The SMILES string of the molecule is CCc1c(-c2cccc(OC)c2)[nH]c(C=O)c1C(=O)O. The molecular formula is C15H15NO4. The second-order valence-electron chi connectivity index (χ2n) is 4.28. The summed E-state index contributed by atoms with van der Waals surface area (Å²) in [7, 11) is 1.56. The highest BCUT2D eigenvalue weighted by molar-refractivity contribution is 6.00. The average molecular weight is 273 g/mol. The van der Waals surface area contributed by atoms with Gasteiger partial charge in [-0.25, -0.2) is 4.79 Å². The molecule has 0 saturated carbocycles. The Balaban J connectivity index is 2.67. The fourth-order valence-corrected chi connectivity index (χ4v) is 2.27. The van der Waals surface area contributed by atoms with Crippen LogP contribution in [0.15, 0.2) is 24.3 Å². The van der Waals surface area contributed by atoms with Crippen LogP contribution < -0.4 is 4.74 Å². The number of ether oxygens (including phenoxy) is 1. The number of benzene rings is 1. The Morgan fingerprint density at radius 3 is 2.75 bits per heavy atom. The standard InChI is InChI=1S/C15H15NO4/c1-3-11-13(15(18)19)12(8-17)16-14(11)9-5-4-6-10(7-9)20-2/h4-8,16H,3H2,1-2H3,(H,18,19). The molecule has 0 unspecified atom stereocenters. The van der Waals surface area contributed by atoms with E-state index in [9.17, 15) is 14.7 Å². The van der Waals surface area contributed by atoms with Gasteiger partial charge in [-0.3, -0.25) is 4.79 Å². The lowest BCUT2D eigenvalue weighted by molar-refractivity contribution is 0.0693. The summed E-state index contributed by atoms with van der Waals surface area (Å²) in [5, 5.41) is 9.27. The normalized spacial score (nSPS) is 10.3. The molecule has 0 saturated heterocycles. The summed E-state index contributed by atoms with van der Waals surface area (Å²) in [4.78, 5) is 25.3. The highest BCUT2D eigenvalue weighted by atomic mass is 16.5. The smallest absolute Gasteiger partial charge is 0.338 e. The highest BCUT2D eigenvalue weighted by Gasteiger charge is 2.22. The molecule has 0 aliphatic carbocycles. The highest BCUT2D eigenvalue weighted by Crippen LogP contribution is 2.30. The minimum atomic E-state index is -1.10. The van der Waals surface area contributed by atoms with Gasteiger partial charge in [-0.2, -0.15) is 0 Å². The fraction of sp³-hybridized carbons (Fsp3) is 0.200. The van der Waals surface area contributed by atoms with E-state index in [0.717, 1.165) is 5.56 Å². The summed E-state index contributed by atoms with van der Waals surface area (Å²) < 4.78 is 5.16. The molecule has 1 aromatic carbocycles. The van der Waals surface area contributed by atoms with Crippen LogP contribution >= 0.6 is 0 Å². The minimum absolute atomic E-state index is 0.0420. The molecule has 0 bridgehead atoms. The van der Waals surface area contributed by atoms with Crippen LogP contribution in [0.5, 0.6) is 5.75 Å². The Bertz CT molecular complexity index is 658. The number of carbonyl (C=O) groups excluding carboxylic acids is 1. The van der Waals surface area contributed by atoms with E-state index in [4.69, 9.17) is 4.74 Å². The third-order valence-corrected chi connectivity index (χ3v) is 3.18. The zero-order valence-electron chi connectivity index (χ0n) is 11.3. The number of aromatic amines is 1. The molecule has 1 aromatic heterocycles. The molecule has 1 heterocycles. The average Bonchev–Trinajstić information content (AvgIpc) is 2.86. The van der Waals surface area contributed by atoms with Crippen molar-refractivity contribution in [2.24, 2.45) is 0 Å². The molecule has 5 heteroatoms. The van der Waals surface area contributed by atoms with E-state index >= 15 is 0 Å². The first-order valence-electron chi connectivity index (χ1n) is 6.20. The molecule has 0 radical (unpaired) electrons. The first-order valence-corrected chi connectivity index (χ1v) is 6.20. The van der Waals surface area contributed by atoms with Gasteiger partial charge >= 0.3 is 5.97 Å². The molecular weight excluding hydrogens is 258 g/mol. The van der Waals surface area contributed by atoms with Gasteiger partial charge in [0, 0.05) is 5.56 Å². The second kappa shape index (κ2) is 5.61. The molecule has 5 nitrogen and oxygen atoms in total. The maximum Gasteiger partial charge on any atom is 0.338 e. The zero-order chi connectivity index (χ0) is 14.7.